The number of aliphatic hydroxyl groups excluding tert-OH is 2. The second kappa shape index (κ2) is 8.02. The zero-order valence-electron chi connectivity index (χ0n) is 18.3. The smallest absolute Gasteiger partial charge is 0.255 e. The van der Waals surface area contributed by atoms with Crippen molar-refractivity contribution in [2.45, 2.75) is 45.1 Å². The van der Waals surface area contributed by atoms with E-state index in [1.165, 1.54) is 12.5 Å². The van der Waals surface area contributed by atoms with E-state index in [4.69, 9.17) is 5.73 Å². The highest BCUT2D eigenvalue weighted by molar-refractivity contribution is 6.22. The van der Waals surface area contributed by atoms with Gasteiger partial charge in [-0.2, -0.15) is 0 Å². The number of piperidine rings is 1. The lowest BCUT2D eigenvalue weighted by Gasteiger charge is -2.41. The van der Waals surface area contributed by atoms with Crippen molar-refractivity contribution in [2.75, 3.05) is 13.1 Å². The maximum absolute atomic E-state index is 13.5. The van der Waals surface area contributed by atoms with Gasteiger partial charge < -0.3 is 21.1 Å². The van der Waals surface area contributed by atoms with Crippen molar-refractivity contribution >= 4 is 17.5 Å². The number of ketones is 2. The van der Waals surface area contributed by atoms with Gasteiger partial charge in [-0.1, -0.05) is 12.5 Å². The minimum Gasteiger partial charge on any atom is -0.511 e. The molecule has 1 saturated heterocycles. The molecule has 1 aromatic carbocycles. The lowest BCUT2D eigenvalue weighted by molar-refractivity contribution is -0.126. The van der Waals surface area contributed by atoms with Crippen LogP contribution in [0.2, 0.25) is 0 Å². The summed E-state index contributed by atoms with van der Waals surface area (Å²) in [7, 11) is 0. The van der Waals surface area contributed by atoms with Crippen LogP contribution in [-0.4, -0.2) is 50.8 Å². The van der Waals surface area contributed by atoms with Crippen LogP contribution in [0, 0.1) is 17.8 Å². The second-order valence-electron chi connectivity index (χ2n) is 9.69. The molecule has 0 bridgehead atoms. The zero-order valence-corrected chi connectivity index (χ0v) is 18.3. The van der Waals surface area contributed by atoms with Crippen LogP contribution in [-0.2, 0) is 22.6 Å². The first kappa shape index (κ1) is 21.7. The predicted molar refractivity (Wildman–Crippen MR) is 118 cm³/mol. The van der Waals surface area contributed by atoms with Crippen molar-refractivity contribution in [3.8, 4) is 5.75 Å². The maximum Gasteiger partial charge on any atom is 0.255 e. The fraction of sp³-hybridized carbons (Fsp3) is 0.480. The Kier molecular flexibility index (Phi) is 5.28. The van der Waals surface area contributed by atoms with Crippen molar-refractivity contribution in [1.29, 1.82) is 0 Å². The van der Waals surface area contributed by atoms with Gasteiger partial charge in [0.2, 0.25) is 0 Å². The molecule has 1 aromatic rings. The molecule has 0 aromatic heterocycles. The number of hydrogen-bond acceptors (Lipinski definition) is 7. The number of phenols is 1. The van der Waals surface area contributed by atoms with Crippen LogP contribution in [0.5, 0.6) is 5.75 Å². The number of Topliss-reactive ketones (excluding diaryl/α,β-unsaturated/α-hetero) is 2. The van der Waals surface area contributed by atoms with Gasteiger partial charge in [-0.3, -0.25) is 19.3 Å². The molecule has 1 heterocycles. The number of benzene rings is 1. The molecule has 4 aliphatic rings. The predicted octanol–water partition coefficient (Wildman–Crippen LogP) is 2.45. The third-order valence-corrected chi connectivity index (χ3v) is 7.71. The molecule has 174 valence electrons. The molecule has 5 rings (SSSR count). The molecule has 1 aliphatic heterocycles. The fourth-order valence-electron chi connectivity index (χ4n) is 6.21. The molecule has 8 heteroatoms. The van der Waals surface area contributed by atoms with Gasteiger partial charge in [-0.25, -0.2) is 0 Å². The monoisotopic (exact) mass is 452 g/mol. The quantitative estimate of drug-likeness (QED) is 0.516. The number of amides is 1. The van der Waals surface area contributed by atoms with E-state index in [1.807, 2.05) is 6.07 Å². The van der Waals surface area contributed by atoms with E-state index in [1.54, 1.807) is 0 Å². The average Bonchev–Trinajstić information content (AvgIpc) is 2.75. The van der Waals surface area contributed by atoms with Crippen LogP contribution in [0.3, 0.4) is 0 Å². The molecule has 3 atom stereocenters. The lowest BCUT2D eigenvalue weighted by atomic mass is 9.62. The Labute approximate surface area is 191 Å². The summed E-state index contributed by atoms with van der Waals surface area (Å²) in [6, 6.07) is 3.39. The number of allylic oxidation sites excluding steroid dienone is 3. The van der Waals surface area contributed by atoms with Crippen LogP contribution >= 0.6 is 0 Å². The van der Waals surface area contributed by atoms with E-state index in [-0.39, 0.29) is 40.7 Å². The normalized spacial score (nSPS) is 27.8. The number of phenolic OH excluding ortho intramolecular Hbond substituents is 1. The number of likely N-dealkylation sites (tertiary alicyclic amines) is 1. The minimum atomic E-state index is -1.08. The molecule has 0 saturated carbocycles. The largest absolute Gasteiger partial charge is 0.511 e. The van der Waals surface area contributed by atoms with E-state index in [9.17, 15) is 29.7 Å². The van der Waals surface area contributed by atoms with Gasteiger partial charge >= 0.3 is 0 Å². The SMILES string of the molecule is NC(=O)C1=C(O)CC2CC3Cc4c(CN5CCCCC5)ccc(O)c4C(=O)C3=C(O)C2C1=O. The minimum absolute atomic E-state index is 0.0459. The number of fused-ring (bicyclic) bond motifs is 3. The molecule has 1 fully saturated rings. The fourth-order valence-corrected chi connectivity index (χ4v) is 6.21. The van der Waals surface area contributed by atoms with Crippen molar-refractivity contribution in [2.24, 2.45) is 23.5 Å². The Balaban J connectivity index is 1.55. The number of aromatic hydroxyl groups is 1. The van der Waals surface area contributed by atoms with Gasteiger partial charge in [0.15, 0.2) is 11.6 Å². The first-order chi connectivity index (χ1) is 15.8. The van der Waals surface area contributed by atoms with Gasteiger partial charge in [0.1, 0.15) is 22.8 Å². The summed E-state index contributed by atoms with van der Waals surface area (Å²) in [5, 5.41) is 31.9. The molecule has 0 radical (unpaired) electrons. The molecule has 8 nitrogen and oxygen atoms in total. The highest BCUT2D eigenvalue weighted by Crippen LogP contribution is 2.49. The molecule has 5 N–H and O–H groups in total. The number of nitrogens with zero attached hydrogens (tertiary/aromatic N) is 1. The number of hydrogen-bond donors (Lipinski definition) is 4. The van der Waals surface area contributed by atoms with E-state index >= 15 is 0 Å². The van der Waals surface area contributed by atoms with E-state index < -0.39 is 34.9 Å². The van der Waals surface area contributed by atoms with Gasteiger partial charge in [-0.05, 0) is 67.8 Å². The van der Waals surface area contributed by atoms with Crippen LogP contribution in [0.4, 0.5) is 0 Å². The van der Waals surface area contributed by atoms with E-state index in [0.717, 1.165) is 37.1 Å². The number of carbonyl (C=O) groups excluding carboxylic acids is 3. The molecule has 33 heavy (non-hydrogen) atoms. The maximum atomic E-state index is 13.5. The highest BCUT2D eigenvalue weighted by Gasteiger charge is 2.50. The van der Waals surface area contributed by atoms with Crippen LogP contribution < -0.4 is 5.73 Å². The number of aliphatic hydroxyl groups is 2. The lowest BCUT2D eigenvalue weighted by Crippen LogP contribution is -2.43. The van der Waals surface area contributed by atoms with Crippen molar-refractivity contribution in [3.63, 3.8) is 0 Å². The summed E-state index contributed by atoms with van der Waals surface area (Å²) in [4.78, 5) is 40.5. The van der Waals surface area contributed by atoms with Crippen LogP contribution in [0.15, 0.2) is 34.8 Å². The topological polar surface area (TPSA) is 141 Å². The Hall–Kier alpha value is -3.13. The van der Waals surface area contributed by atoms with Gasteiger partial charge in [0.25, 0.3) is 5.91 Å². The second-order valence-corrected chi connectivity index (χ2v) is 9.69. The first-order valence-corrected chi connectivity index (χ1v) is 11.6. The Morgan fingerprint density at radius 3 is 2.48 bits per heavy atom. The molecular weight excluding hydrogens is 424 g/mol. The van der Waals surface area contributed by atoms with Crippen LogP contribution in [0.25, 0.3) is 0 Å². The van der Waals surface area contributed by atoms with Gasteiger partial charge in [0, 0.05) is 18.5 Å². The molecule has 3 unspecified atom stereocenters. The highest BCUT2D eigenvalue weighted by atomic mass is 16.3. The van der Waals surface area contributed by atoms with Crippen LogP contribution in [0.1, 0.15) is 53.6 Å². The Morgan fingerprint density at radius 2 is 1.79 bits per heavy atom. The summed E-state index contributed by atoms with van der Waals surface area (Å²) in [5.41, 5.74) is 6.89. The standard InChI is InChI=1S/C25H28N2O6/c26-25(33)21-17(29)10-14-8-13-9-15-12(11-27-6-2-1-3-7-27)4-5-16(28)20(15)23(31)18(13)22(30)19(14)24(21)32/h4-5,13-14,19,28-30H,1-3,6-11H2,(H2,26,33). The molecule has 1 amide bonds. The number of primary amides is 1. The van der Waals surface area contributed by atoms with E-state index in [0.29, 0.717) is 19.4 Å². The number of rotatable bonds is 3. The van der Waals surface area contributed by atoms with Gasteiger partial charge in [-0.15, -0.1) is 0 Å². The van der Waals surface area contributed by atoms with Gasteiger partial charge in [0.05, 0.1) is 11.5 Å². The molecular formula is C25H28N2O6. The summed E-state index contributed by atoms with van der Waals surface area (Å²) >= 11 is 0. The number of nitrogens with two attached hydrogens (primary N) is 1. The Bertz CT molecular complexity index is 1130. The summed E-state index contributed by atoms with van der Waals surface area (Å²) in [6.07, 6.45) is 4.43. The Morgan fingerprint density at radius 1 is 1.06 bits per heavy atom. The molecule has 0 spiro atoms. The summed E-state index contributed by atoms with van der Waals surface area (Å²) in [6.45, 7) is 2.70. The molecule has 3 aliphatic carbocycles. The third-order valence-electron chi connectivity index (χ3n) is 7.71. The van der Waals surface area contributed by atoms with Crippen molar-refractivity contribution in [3.05, 3.63) is 51.5 Å². The van der Waals surface area contributed by atoms with Crippen molar-refractivity contribution < 1.29 is 29.7 Å². The third kappa shape index (κ3) is 3.44. The average molecular weight is 453 g/mol. The first-order valence-electron chi connectivity index (χ1n) is 11.6. The zero-order chi connectivity index (χ0) is 23.4. The summed E-state index contributed by atoms with van der Waals surface area (Å²) < 4.78 is 0. The number of carbonyl (C=O) groups is 3. The van der Waals surface area contributed by atoms with E-state index in [2.05, 4.69) is 4.90 Å². The summed E-state index contributed by atoms with van der Waals surface area (Å²) in [5.74, 6) is -4.95. The van der Waals surface area contributed by atoms with Crippen molar-refractivity contribution in [1.82, 2.24) is 4.90 Å².